The van der Waals surface area contributed by atoms with Crippen molar-refractivity contribution in [3.63, 3.8) is 0 Å². The summed E-state index contributed by atoms with van der Waals surface area (Å²) in [5.41, 5.74) is 5.96. The highest BCUT2D eigenvalue weighted by molar-refractivity contribution is 6.31. The van der Waals surface area contributed by atoms with Gasteiger partial charge in [-0.05, 0) is 30.3 Å². The summed E-state index contributed by atoms with van der Waals surface area (Å²) in [7, 11) is 0. The summed E-state index contributed by atoms with van der Waals surface area (Å²) in [6, 6.07) is 10.5. The van der Waals surface area contributed by atoms with Gasteiger partial charge < -0.3 is 26.0 Å². The van der Waals surface area contributed by atoms with E-state index in [0.717, 1.165) is 6.07 Å². The molecule has 2 aromatic carbocycles. The molecule has 154 valence electrons. The number of aliphatic hydroxyl groups excluding tert-OH is 2. The number of ether oxygens (including phenoxy) is 1. The second kappa shape index (κ2) is 8.92. The van der Waals surface area contributed by atoms with E-state index in [-0.39, 0.29) is 34.1 Å². The van der Waals surface area contributed by atoms with Crippen LogP contribution in [-0.2, 0) is 0 Å². The van der Waals surface area contributed by atoms with Crippen LogP contribution in [0.4, 0.5) is 15.8 Å². The van der Waals surface area contributed by atoms with Crippen LogP contribution >= 0.6 is 11.6 Å². The molecule has 1 aromatic heterocycles. The van der Waals surface area contributed by atoms with Gasteiger partial charge in [-0.15, -0.1) is 0 Å². The fourth-order valence-corrected chi connectivity index (χ4v) is 2.90. The SMILES string of the molecule is N#Cc1c(C(N)=O)nc2cc(OCC(O)CO)ccc2c1Nc1ccc(F)c(Cl)c1. The van der Waals surface area contributed by atoms with Gasteiger partial charge in [-0.1, -0.05) is 11.6 Å². The number of rotatable bonds is 7. The lowest BCUT2D eigenvalue weighted by Crippen LogP contribution is -2.21. The van der Waals surface area contributed by atoms with E-state index >= 15 is 0 Å². The van der Waals surface area contributed by atoms with Crippen molar-refractivity contribution in [2.75, 3.05) is 18.5 Å². The number of aromatic nitrogens is 1. The van der Waals surface area contributed by atoms with Crippen molar-refractivity contribution in [2.24, 2.45) is 5.73 Å². The number of halogens is 2. The Morgan fingerprint density at radius 3 is 2.77 bits per heavy atom. The molecule has 30 heavy (non-hydrogen) atoms. The van der Waals surface area contributed by atoms with Crippen LogP contribution in [0.3, 0.4) is 0 Å². The van der Waals surface area contributed by atoms with Crippen molar-refractivity contribution in [1.82, 2.24) is 4.98 Å². The highest BCUT2D eigenvalue weighted by atomic mass is 35.5. The molecule has 3 rings (SSSR count). The van der Waals surface area contributed by atoms with Crippen LogP contribution in [0.25, 0.3) is 10.9 Å². The molecule has 0 spiro atoms. The summed E-state index contributed by atoms with van der Waals surface area (Å²) in [4.78, 5) is 16.1. The molecule has 0 saturated carbocycles. The summed E-state index contributed by atoms with van der Waals surface area (Å²) >= 11 is 5.83. The Morgan fingerprint density at radius 1 is 1.37 bits per heavy atom. The van der Waals surface area contributed by atoms with E-state index in [9.17, 15) is 19.6 Å². The standard InChI is InChI=1S/C20H16ClFN4O4/c21-15-5-10(1-4-16(15)22)25-18-13-3-2-12(30-9-11(28)8-27)6-17(13)26-19(20(24)29)14(18)7-23/h1-6,11,27-28H,8-9H2,(H2,24,29)(H,25,26). The second-order valence-corrected chi connectivity index (χ2v) is 6.67. The van der Waals surface area contributed by atoms with E-state index in [2.05, 4.69) is 10.3 Å². The molecule has 1 atom stereocenters. The Bertz CT molecular complexity index is 1170. The topological polar surface area (TPSA) is 141 Å². The molecule has 0 aliphatic carbocycles. The normalized spacial score (nSPS) is 11.7. The number of benzene rings is 2. The monoisotopic (exact) mass is 430 g/mol. The highest BCUT2D eigenvalue weighted by Crippen LogP contribution is 2.33. The van der Waals surface area contributed by atoms with Gasteiger partial charge in [0.05, 0.1) is 22.8 Å². The van der Waals surface area contributed by atoms with Crippen LogP contribution in [0.1, 0.15) is 16.1 Å². The van der Waals surface area contributed by atoms with Gasteiger partial charge in [0.15, 0.2) is 0 Å². The minimum Gasteiger partial charge on any atom is -0.491 e. The number of fused-ring (bicyclic) bond motifs is 1. The Labute approximate surface area is 175 Å². The van der Waals surface area contributed by atoms with Gasteiger partial charge in [0.2, 0.25) is 0 Å². The maximum atomic E-state index is 13.5. The summed E-state index contributed by atoms with van der Waals surface area (Å²) < 4.78 is 18.9. The number of hydrogen-bond acceptors (Lipinski definition) is 7. The molecule has 0 bridgehead atoms. The van der Waals surface area contributed by atoms with E-state index in [1.807, 2.05) is 6.07 Å². The zero-order chi connectivity index (χ0) is 21.8. The number of pyridine rings is 1. The zero-order valence-electron chi connectivity index (χ0n) is 15.4. The minimum absolute atomic E-state index is 0.0835. The Kier molecular flexibility index (Phi) is 6.32. The first-order valence-corrected chi connectivity index (χ1v) is 9.03. The third kappa shape index (κ3) is 4.41. The van der Waals surface area contributed by atoms with E-state index in [1.165, 1.54) is 18.2 Å². The molecular formula is C20H16ClFN4O4. The second-order valence-electron chi connectivity index (χ2n) is 6.27. The van der Waals surface area contributed by atoms with Gasteiger partial charge in [0, 0.05) is 17.1 Å². The van der Waals surface area contributed by atoms with Gasteiger partial charge >= 0.3 is 0 Å². The third-order valence-electron chi connectivity index (χ3n) is 4.14. The van der Waals surface area contributed by atoms with Crippen molar-refractivity contribution in [2.45, 2.75) is 6.10 Å². The van der Waals surface area contributed by atoms with Crippen molar-refractivity contribution in [3.8, 4) is 11.8 Å². The van der Waals surface area contributed by atoms with Gasteiger partial charge in [0.1, 0.15) is 41.6 Å². The first kappa shape index (κ1) is 21.3. The van der Waals surface area contributed by atoms with Crippen LogP contribution < -0.4 is 15.8 Å². The molecule has 0 radical (unpaired) electrons. The number of aliphatic hydroxyl groups is 2. The number of anilines is 2. The summed E-state index contributed by atoms with van der Waals surface area (Å²) in [5.74, 6) is -1.19. The molecular weight excluding hydrogens is 415 g/mol. The fourth-order valence-electron chi connectivity index (χ4n) is 2.71. The molecule has 1 heterocycles. The molecule has 0 aliphatic heterocycles. The number of primary amides is 1. The highest BCUT2D eigenvalue weighted by Gasteiger charge is 2.20. The molecule has 10 heteroatoms. The average Bonchev–Trinajstić information content (AvgIpc) is 2.73. The van der Waals surface area contributed by atoms with Crippen molar-refractivity contribution < 1.29 is 24.1 Å². The number of amides is 1. The van der Waals surface area contributed by atoms with E-state index in [4.69, 9.17) is 27.2 Å². The predicted octanol–water partition coefficient (Wildman–Crippen LogP) is 2.47. The lowest BCUT2D eigenvalue weighted by Gasteiger charge is -2.15. The summed E-state index contributed by atoms with van der Waals surface area (Å²) in [6.07, 6.45) is -1.06. The van der Waals surface area contributed by atoms with Crippen molar-refractivity contribution in [3.05, 3.63) is 58.5 Å². The van der Waals surface area contributed by atoms with Gasteiger partial charge in [0.25, 0.3) is 5.91 Å². The quantitative estimate of drug-likeness (QED) is 0.451. The largest absolute Gasteiger partial charge is 0.491 e. The first-order valence-electron chi connectivity index (χ1n) is 8.65. The molecule has 1 amide bonds. The number of carbonyl (C=O) groups excluding carboxylic acids is 1. The molecule has 8 nitrogen and oxygen atoms in total. The number of hydrogen-bond donors (Lipinski definition) is 4. The zero-order valence-corrected chi connectivity index (χ0v) is 16.2. The Hall–Kier alpha value is -3.45. The Balaban J connectivity index is 2.13. The number of nitrogens with one attached hydrogen (secondary N) is 1. The molecule has 0 aliphatic rings. The first-order chi connectivity index (χ1) is 14.3. The smallest absolute Gasteiger partial charge is 0.268 e. The molecule has 0 saturated heterocycles. The summed E-state index contributed by atoms with van der Waals surface area (Å²) in [5, 5.41) is 31.2. The van der Waals surface area contributed by atoms with Crippen LogP contribution in [-0.4, -0.2) is 40.4 Å². The number of carbonyl (C=O) groups is 1. The fraction of sp³-hybridized carbons (Fsp3) is 0.150. The number of nitriles is 1. The number of nitrogens with zero attached hydrogens (tertiary/aromatic N) is 2. The van der Waals surface area contributed by atoms with E-state index in [1.54, 1.807) is 12.1 Å². The molecule has 0 fully saturated rings. The molecule has 1 unspecified atom stereocenters. The van der Waals surface area contributed by atoms with Gasteiger partial charge in [-0.25, -0.2) is 9.37 Å². The maximum absolute atomic E-state index is 13.5. The maximum Gasteiger partial charge on any atom is 0.268 e. The van der Waals surface area contributed by atoms with Gasteiger partial charge in [-0.3, -0.25) is 4.79 Å². The van der Waals surface area contributed by atoms with Crippen LogP contribution in [0.15, 0.2) is 36.4 Å². The predicted molar refractivity (Wildman–Crippen MR) is 108 cm³/mol. The third-order valence-corrected chi connectivity index (χ3v) is 4.43. The molecule has 5 N–H and O–H groups in total. The Morgan fingerprint density at radius 2 is 2.13 bits per heavy atom. The van der Waals surface area contributed by atoms with Crippen LogP contribution in [0.5, 0.6) is 5.75 Å². The van der Waals surface area contributed by atoms with Crippen molar-refractivity contribution in [1.29, 1.82) is 5.26 Å². The minimum atomic E-state index is -1.06. The van der Waals surface area contributed by atoms with Crippen LogP contribution in [0.2, 0.25) is 5.02 Å². The van der Waals surface area contributed by atoms with Gasteiger partial charge in [-0.2, -0.15) is 5.26 Å². The number of nitrogens with two attached hydrogens (primary N) is 1. The molecule has 3 aromatic rings. The average molecular weight is 431 g/mol. The van der Waals surface area contributed by atoms with Crippen LogP contribution in [0, 0.1) is 17.1 Å². The van der Waals surface area contributed by atoms with E-state index in [0.29, 0.717) is 16.8 Å². The van der Waals surface area contributed by atoms with E-state index < -0.39 is 24.4 Å². The lowest BCUT2D eigenvalue weighted by molar-refractivity contribution is 0.0536. The van der Waals surface area contributed by atoms with Crippen molar-refractivity contribution >= 4 is 39.8 Å². The lowest BCUT2D eigenvalue weighted by atomic mass is 10.0. The summed E-state index contributed by atoms with van der Waals surface area (Å²) in [6.45, 7) is -0.613.